The quantitative estimate of drug-likeness (QED) is 0.225. The molecule has 3 aromatic rings. The van der Waals surface area contributed by atoms with E-state index >= 15 is 0 Å². The summed E-state index contributed by atoms with van der Waals surface area (Å²) in [6.07, 6.45) is 3.13. The minimum atomic E-state index is -0.348. The number of ether oxygens (including phenoxy) is 1. The summed E-state index contributed by atoms with van der Waals surface area (Å²) in [6.45, 7) is 6.46. The van der Waals surface area contributed by atoms with Gasteiger partial charge in [-0.25, -0.2) is 9.97 Å². The third-order valence-electron chi connectivity index (χ3n) is 6.85. The fraction of sp³-hybridized carbons (Fsp3) is 0.333. The van der Waals surface area contributed by atoms with E-state index in [2.05, 4.69) is 37.0 Å². The first-order valence-electron chi connectivity index (χ1n) is 13.4. The molecule has 1 atom stereocenters. The van der Waals surface area contributed by atoms with Crippen molar-refractivity contribution in [3.63, 3.8) is 0 Å². The highest BCUT2D eigenvalue weighted by molar-refractivity contribution is 6.08. The predicted molar refractivity (Wildman–Crippen MR) is 162 cm³/mol. The SMILES string of the molecule is C=CC(=O)Nc1cc(Nc2nccc(C(=O)c3ccc(N4CCC(O)C4)cc3)n2)c(OC)cc1N(C)CCN(C)C. The van der Waals surface area contributed by atoms with Crippen LogP contribution in [0.25, 0.3) is 0 Å². The highest BCUT2D eigenvalue weighted by Crippen LogP contribution is 2.38. The molecular weight excluding hydrogens is 522 g/mol. The zero-order chi connectivity index (χ0) is 29.5. The number of nitrogens with zero attached hydrogens (tertiary/aromatic N) is 5. The third kappa shape index (κ3) is 7.38. The zero-order valence-corrected chi connectivity index (χ0v) is 23.9. The maximum absolute atomic E-state index is 13.2. The maximum Gasteiger partial charge on any atom is 0.247 e. The minimum Gasteiger partial charge on any atom is -0.494 e. The van der Waals surface area contributed by atoms with Crippen molar-refractivity contribution in [3.05, 3.63) is 72.6 Å². The van der Waals surface area contributed by atoms with Gasteiger partial charge in [0, 0.05) is 56.7 Å². The Hall–Kier alpha value is -4.48. The van der Waals surface area contributed by atoms with Crippen molar-refractivity contribution in [2.75, 3.05) is 74.9 Å². The van der Waals surface area contributed by atoms with Crippen LogP contribution in [-0.2, 0) is 4.79 Å². The Balaban J connectivity index is 1.57. The van der Waals surface area contributed by atoms with Gasteiger partial charge >= 0.3 is 0 Å². The number of anilines is 5. The number of nitrogens with one attached hydrogen (secondary N) is 2. The molecule has 3 N–H and O–H groups in total. The summed E-state index contributed by atoms with van der Waals surface area (Å²) in [5.41, 5.74) is 3.52. The number of benzene rings is 2. The number of carbonyl (C=O) groups is 2. The Labute approximate surface area is 240 Å². The van der Waals surface area contributed by atoms with Crippen molar-refractivity contribution >= 4 is 40.4 Å². The Morgan fingerprint density at radius 1 is 1.15 bits per heavy atom. The highest BCUT2D eigenvalue weighted by atomic mass is 16.5. The molecule has 0 saturated carbocycles. The van der Waals surface area contributed by atoms with Gasteiger partial charge in [-0.15, -0.1) is 0 Å². The predicted octanol–water partition coefficient (Wildman–Crippen LogP) is 3.15. The van der Waals surface area contributed by atoms with E-state index in [-0.39, 0.29) is 29.4 Å². The molecule has 1 saturated heterocycles. The molecule has 1 aromatic heterocycles. The normalized spacial score (nSPS) is 14.6. The molecule has 1 aliphatic rings. The molecule has 0 aliphatic carbocycles. The van der Waals surface area contributed by atoms with Crippen molar-refractivity contribution in [1.29, 1.82) is 0 Å². The number of aromatic nitrogens is 2. The summed E-state index contributed by atoms with van der Waals surface area (Å²) >= 11 is 0. The smallest absolute Gasteiger partial charge is 0.247 e. The lowest BCUT2D eigenvalue weighted by Gasteiger charge is -2.26. The van der Waals surface area contributed by atoms with Crippen LogP contribution in [0.1, 0.15) is 22.5 Å². The summed E-state index contributed by atoms with van der Waals surface area (Å²) in [5, 5.41) is 15.8. The minimum absolute atomic E-state index is 0.200. The van der Waals surface area contributed by atoms with Crippen LogP contribution in [0.4, 0.5) is 28.7 Å². The summed E-state index contributed by atoms with van der Waals surface area (Å²) in [5.74, 6) is 0.120. The number of methoxy groups -OCH3 is 1. The molecule has 0 bridgehead atoms. The number of rotatable bonds is 12. The average molecular weight is 560 g/mol. The van der Waals surface area contributed by atoms with Crippen molar-refractivity contribution in [3.8, 4) is 5.75 Å². The fourth-order valence-electron chi connectivity index (χ4n) is 4.52. The number of hydrogen-bond acceptors (Lipinski definition) is 10. The maximum atomic E-state index is 13.2. The van der Waals surface area contributed by atoms with Gasteiger partial charge in [0.25, 0.3) is 0 Å². The molecular formula is C30H37N7O4. The van der Waals surface area contributed by atoms with Crippen LogP contribution in [0.2, 0.25) is 0 Å². The van der Waals surface area contributed by atoms with E-state index in [0.29, 0.717) is 35.8 Å². The largest absolute Gasteiger partial charge is 0.494 e. The van der Waals surface area contributed by atoms with Crippen LogP contribution in [0.3, 0.4) is 0 Å². The van der Waals surface area contributed by atoms with Crippen LogP contribution in [0.15, 0.2) is 61.3 Å². The number of amides is 1. The van der Waals surface area contributed by atoms with Gasteiger partial charge in [-0.1, -0.05) is 6.58 Å². The first-order chi connectivity index (χ1) is 19.7. The lowest BCUT2D eigenvalue weighted by atomic mass is 10.1. The molecule has 1 fully saturated rings. The Morgan fingerprint density at radius 2 is 1.90 bits per heavy atom. The molecule has 4 rings (SSSR count). The van der Waals surface area contributed by atoms with E-state index < -0.39 is 0 Å². The second-order valence-corrected chi connectivity index (χ2v) is 10.1. The lowest BCUT2D eigenvalue weighted by Crippen LogP contribution is -2.29. The number of carbonyl (C=O) groups excluding carboxylic acids is 2. The van der Waals surface area contributed by atoms with E-state index in [9.17, 15) is 14.7 Å². The first kappa shape index (κ1) is 29.5. The first-order valence-corrected chi connectivity index (χ1v) is 13.4. The van der Waals surface area contributed by atoms with Crippen LogP contribution in [-0.4, -0.2) is 92.2 Å². The van der Waals surface area contributed by atoms with Gasteiger partial charge in [0.1, 0.15) is 11.4 Å². The number of aliphatic hydroxyl groups is 1. The fourth-order valence-corrected chi connectivity index (χ4v) is 4.52. The van der Waals surface area contributed by atoms with Crippen LogP contribution in [0.5, 0.6) is 5.75 Å². The van der Waals surface area contributed by atoms with Gasteiger partial charge in [-0.2, -0.15) is 0 Å². The van der Waals surface area contributed by atoms with Gasteiger partial charge in [-0.05, 0) is 63.0 Å². The molecule has 11 heteroatoms. The standard InChI is InChI=1S/C30H37N7O4/c1-6-28(39)32-24-17-25(27(41-5)18-26(24)36(4)16-15-35(2)3)34-30-31-13-11-23(33-30)29(40)20-7-9-21(10-8-20)37-14-12-22(38)19-37/h6-11,13,17-18,22,38H,1,12,14-16,19H2,2-5H3,(H,32,39)(H,31,33,34). The summed E-state index contributed by atoms with van der Waals surface area (Å²) in [7, 11) is 7.49. The molecule has 0 spiro atoms. The third-order valence-corrected chi connectivity index (χ3v) is 6.85. The molecule has 2 aromatic carbocycles. The Kier molecular flexibility index (Phi) is 9.53. The van der Waals surface area contributed by atoms with Crippen molar-refractivity contribution in [1.82, 2.24) is 14.9 Å². The highest BCUT2D eigenvalue weighted by Gasteiger charge is 2.21. The Bertz CT molecular complexity index is 1390. The van der Waals surface area contributed by atoms with E-state index in [1.165, 1.54) is 12.3 Å². The van der Waals surface area contributed by atoms with Crippen molar-refractivity contribution in [2.45, 2.75) is 12.5 Å². The molecule has 1 amide bonds. The van der Waals surface area contributed by atoms with Crippen LogP contribution >= 0.6 is 0 Å². The summed E-state index contributed by atoms with van der Waals surface area (Å²) in [4.78, 5) is 40.4. The zero-order valence-electron chi connectivity index (χ0n) is 23.9. The second-order valence-electron chi connectivity index (χ2n) is 10.1. The van der Waals surface area contributed by atoms with Crippen LogP contribution in [0, 0.1) is 0 Å². The molecule has 1 unspecified atom stereocenters. The van der Waals surface area contributed by atoms with E-state index in [4.69, 9.17) is 4.74 Å². The second kappa shape index (κ2) is 13.2. The molecule has 0 radical (unpaired) electrons. The lowest BCUT2D eigenvalue weighted by molar-refractivity contribution is -0.111. The van der Waals surface area contributed by atoms with Crippen molar-refractivity contribution in [2.24, 2.45) is 0 Å². The number of β-amino-alcohol motifs (C(OH)–C–C–N with tert-alkyl or cyclic N) is 1. The van der Waals surface area contributed by atoms with Gasteiger partial charge in [0.05, 0.1) is 30.3 Å². The van der Waals surface area contributed by atoms with Gasteiger partial charge in [0.15, 0.2) is 0 Å². The molecule has 2 heterocycles. The van der Waals surface area contributed by atoms with E-state index in [1.807, 2.05) is 44.2 Å². The van der Waals surface area contributed by atoms with Gasteiger partial charge in [0.2, 0.25) is 17.6 Å². The van der Waals surface area contributed by atoms with Gasteiger partial charge in [-0.3, -0.25) is 9.59 Å². The molecule has 11 nitrogen and oxygen atoms in total. The topological polar surface area (TPSA) is 123 Å². The number of ketones is 1. The van der Waals surface area contributed by atoms with E-state index in [0.717, 1.165) is 30.9 Å². The molecule has 1 aliphatic heterocycles. The van der Waals surface area contributed by atoms with Crippen molar-refractivity contribution < 1.29 is 19.4 Å². The number of hydrogen-bond donors (Lipinski definition) is 3. The summed E-state index contributed by atoms with van der Waals surface area (Å²) in [6, 6.07) is 12.4. The van der Waals surface area contributed by atoms with Crippen LogP contribution < -0.4 is 25.2 Å². The van der Waals surface area contributed by atoms with E-state index in [1.54, 1.807) is 31.4 Å². The monoisotopic (exact) mass is 559 g/mol. The Morgan fingerprint density at radius 3 is 2.54 bits per heavy atom. The average Bonchev–Trinajstić information content (AvgIpc) is 3.42. The number of likely N-dealkylation sites (N-methyl/N-ethyl adjacent to an activating group) is 2. The summed E-state index contributed by atoms with van der Waals surface area (Å²) < 4.78 is 5.65. The number of aliphatic hydroxyl groups excluding tert-OH is 1. The molecule has 216 valence electrons. The molecule has 41 heavy (non-hydrogen) atoms. The van der Waals surface area contributed by atoms with Gasteiger partial charge < -0.3 is 35.2 Å².